The lowest BCUT2D eigenvalue weighted by Gasteiger charge is -2.18. The smallest absolute Gasteiger partial charge is 0.408 e. The van der Waals surface area contributed by atoms with Gasteiger partial charge in [-0.15, -0.1) is 0 Å². The van der Waals surface area contributed by atoms with Gasteiger partial charge < -0.3 is 36.6 Å². The van der Waals surface area contributed by atoms with Crippen LogP contribution in [-0.2, 0) is 25.7 Å². The van der Waals surface area contributed by atoms with E-state index >= 15 is 0 Å². The molecule has 160 valence electrons. The fraction of sp³-hybridized carbons (Fsp3) is 0.444. The van der Waals surface area contributed by atoms with Crippen LogP contribution in [0.25, 0.3) is 0 Å². The second-order valence-electron chi connectivity index (χ2n) is 6.10. The molecule has 1 rings (SSSR count). The van der Waals surface area contributed by atoms with Gasteiger partial charge in [0.15, 0.2) is 0 Å². The lowest BCUT2D eigenvalue weighted by Crippen LogP contribution is -2.48. The van der Waals surface area contributed by atoms with Gasteiger partial charge in [0.2, 0.25) is 11.8 Å². The second-order valence-corrected chi connectivity index (χ2v) is 6.10. The Kier molecular flexibility index (Phi) is 10.8. The molecule has 0 saturated heterocycles. The standard InChI is InChI=1S/C18H26N4O7/c19-8-13(23)9-20-15(24)7-6-14(17(27)21-10-16(25)26)22-18(28)29-11-12-4-2-1-3-5-12/h1-5,13-14,23H,6-11,19H2,(H,20,24)(H,21,27)(H,22,28)(H,25,26). The summed E-state index contributed by atoms with van der Waals surface area (Å²) < 4.78 is 5.04. The van der Waals surface area contributed by atoms with Crippen molar-refractivity contribution in [2.45, 2.75) is 31.6 Å². The van der Waals surface area contributed by atoms with Gasteiger partial charge in [-0.2, -0.15) is 0 Å². The molecule has 0 spiro atoms. The molecule has 11 nitrogen and oxygen atoms in total. The number of carboxylic acid groups (broad SMARTS) is 1. The Morgan fingerprint density at radius 3 is 2.41 bits per heavy atom. The van der Waals surface area contributed by atoms with Gasteiger partial charge in [0.1, 0.15) is 19.2 Å². The number of carbonyl (C=O) groups is 4. The Labute approximate surface area is 167 Å². The monoisotopic (exact) mass is 410 g/mol. The number of hydrogen-bond acceptors (Lipinski definition) is 7. The van der Waals surface area contributed by atoms with Gasteiger partial charge in [0.25, 0.3) is 0 Å². The van der Waals surface area contributed by atoms with Crippen molar-refractivity contribution < 1.29 is 34.1 Å². The van der Waals surface area contributed by atoms with Crippen LogP contribution in [0.3, 0.4) is 0 Å². The van der Waals surface area contributed by atoms with E-state index in [4.69, 9.17) is 15.6 Å². The van der Waals surface area contributed by atoms with Crippen LogP contribution in [-0.4, -0.2) is 65.9 Å². The van der Waals surface area contributed by atoms with Crippen molar-refractivity contribution >= 4 is 23.9 Å². The van der Waals surface area contributed by atoms with E-state index in [1.165, 1.54) is 0 Å². The number of ether oxygens (including phenoxy) is 1. The van der Waals surface area contributed by atoms with Crippen molar-refractivity contribution in [2.24, 2.45) is 5.73 Å². The van der Waals surface area contributed by atoms with Crippen molar-refractivity contribution in [1.29, 1.82) is 0 Å². The summed E-state index contributed by atoms with van der Waals surface area (Å²) in [4.78, 5) is 46.6. The van der Waals surface area contributed by atoms with Crippen LogP contribution in [0.4, 0.5) is 4.79 Å². The van der Waals surface area contributed by atoms with Crippen molar-refractivity contribution in [3.63, 3.8) is 0 Å². The lowest BCUT2D eigenvalue weighted by molar-refractivity contribution is -0.138. The highest BCUT2D eigenvalue weighted by Crippen LogP contribution is 2.03. The average molecular weight is 410 g/mol. The number of aliphatic carboxylic acids is 1. The van der Waals surface area contributed by atoms with Crippen LogP contribution >= 0.6 is 0 Å². The average Bonchev–Trinajstić information content (AvgIpc) is 2.72. The van der Waals surface area contributed by atoms with Crippen LogP contribution < -0.4 is 21.7 Å². The zero-order valence-electron chi connectivity index (χ0n) is 15.8. The molecule has 2 unspecified atom stereocenters. The summed E-state index contributed by atoms with van der Waals surface area (Å²) in [5.74, 6) is -2.48. The lowest BCUT2D eigenvalue weighted by atomic mass is 10.1. The van der Waals surface area contributed by atoms with Gasteiger partial charge >= 0.3 is 12.1 Å². The SMILES string of the molecule is NCC(O)CNC(=O)CCC(NC(=O)OCc1ccccc1)C(=O)NCC(=O)O. The number of aliphatic hydroxyl groups is 1. The maximum absolute atomic E-state index is 12.1. The fourth-order valence-corrected chi connectivity index (χ4v) is 2.14. The summed E-state index contributed by atoms with van der Waals surface area (Å²) in [5.41, 5.74) is 5.98. The van der Waals surface area contributed by atoms with Crippen molar-refractivity contribution in [3.8, 4) is 0 Å². The van der Waals surface area contributed by atoms with Gasteiger partial charge in [0.05, 0.1) is 6.10 Å². The van der Waals surface area contributed by atoms with Gasteiger partial charge in [-0.05, 0) is 12.0 Å². The highest BCUT2D eigenvalue weighted by atomic mass is 16.5. The van der Waals surface area contributed by atoms with E-state index in [0.717, 1.165) is 5.56 Å². The van der Waals surface area contributed by atoms with Crippen molar-refractivity contribution in [3.05, 3.63) is 35.9 Å². The van der Waals surface area contributed by atoms with Crippen molar-refractivity contribution in [2.75, 3.05) is 19.6 Å². The Bertz CT molecular complexity index is 684. The first-order valence-electron chi connectivity index (χ1n) is 8.93. The molecule has 0 heterocycles. The summed E-state index contributed by atoms with van der Waals surface area (Å²) in [7, 11) is 0. The summed E-state index contributed by atoms with van der Waals surface area (Å²) >= 11 is 0. The van der Waals surface area contributed by atoms with Gasteiger partial charge in [0, 0.05) is 19.5 Å². The molecule has 2 atom stereocenters. The van der Waals surface area contributed by atoms with Crippen molar-refractivity contribution in [1.82, 2.24) is 16.0 Å². The molecule has 0 bridgehead atoms. The van der Waals surface area contributed by atoms with Gasteiger partial charge in [-0.25, -0.2) is 4.79 Å². The molecule has 0 radical (unpaired) electrons. The molecule has 0 aliphatic carbocycles. The minimum Gasteiger partial charge on any atom is -0.480 e. The number of amides is 3. The number of nitrogens with two attached hydrogens (primary N) is 1. The van der Waals surface area contributed by atoms with Gasteiger partial charge in [-0.3, -0.25) is 14.4 Å². The molecule has 7 N–H and O–H groups in total. The Morgan fingerprint density at radius 2 is 1.79 bits per heavy atom. The van der Waals surface area contributed by atoms with Crippen LogP contribution in [0, 0.1) is 0 Å². The maximum Gasteiger partial charge on any atom is 0.408 e. The predicted molar refractivity (Wildman–Crippen MR) is 102 cm³/mol. The zero-order chi connectivity index (χ0) is 21.6. The molecular weight excluding hydrogens is 384 g/mol. The summed E-state index contributed by atoms with van der Waals surface area (Å²) in [6, 6.07) is 7.69. The second kappa shape index (κ2) is 13.1. The van der Waals surface area contributed by atoms with Gasteiger partial charge in [-0.1, -0.05) is 30.3 Å². The first-order chi connectivity index (χ1) is 13.8. The summed E-state index contributed by atoms with van der Waals surface area (Å²) in [6.07, 6.45) is -2.03. The third-order valence-electron chi connectivity index (χ3n) is 3.70. The third-order valence-corrected chi connectivity index (χ3v) is 3.70. The Hall–Kier alpha value is -3.18. The van der Waals surface area contributed by atoms with Crippen LogP contribution in [0.1, 0.15) is 18.4 Å². The molecule has 0 fully saturated rings. The molecule has 11 heteroatoms. The van der Waals surface area contributed by atoms with E-state index in [-0.39, 0.29) is 32.5 Å². The summed E-state index contributed by atoms with van der Waals surface area (Å²) in [5, 5.41) is 24.9. The number of rotatable bonds is 12. The predicted octanol–water partition coefficient (Wildman–Crippen LogP) is -1.30. The molecule has 0 aliphatic rings. The van der Waals surface area contributed by atoms with E-state index in [1.54, 1.807) is 24.3 Å². The number of aliphatic hydroxyl groups excluding tert-OH is 1. The minimum absolute atomic E-state index is 0.0185. The number of carbonyl (C=O) groups excluding carboxylic acids is 3. The quantitative estimate of drug-likeness (QED) is 0.246. The summed E-state index contributed by atoms with van der Waals surface area (Å²) in [6.45, 7) is -0.717. The zero-order valence-corrected chi connectivity index (χ0v) is 15.8. The third kappa shape index (κ3) is 10.7. The number of hydrogen-bond donors (Lipinski definition) is 6. The van der Waals surface area contributed by atoms with E-state index < -0.39 is 42.6 Å². The topological polar surface area (TPSA) is 180 Å². The van der Waals surface area contributed by atoms with E-state index in [9.17, 15) is 24.3 Å². The first-order valence-corrected chi connectivity index (χ1v) is 8.93. The normalized spacial score (nSPS) is 12.3. The Morgan fingerprint density at radius 1 is 1.10 bits per heavy atom. The van der Waals surface area contributed by atoms with E-state index in [1.807, 2.05) is 6.07 Å². The highest BCUT2D eigenvalue weighted by molar-refractivity contribution is 5.88. The molecule has 3 amide bonds. The highest BCUT2D eigenvalue weighted by Gasteiger charge is 2.23. The first kappa shape index (κ1) is 23.9. The van der Waals surface area contributed by atoms with E-state index in [0.29, 0.717) is 0 Å². The molecule has 1 aromatic carbocycles. The maximum atomic E-state index is 12.1. The molecule has 0 aliphatic heterocycles. The number of carboxylic acids is 1. The largest absolute Gasteiger partial charge is 0.480 e. The molecule has 1 aromatic rings. The van der Waals surface area contributed by atoms with Crippen LogP contribution in [0.15, 0.2) is 30.3 Å². The molecule has 0 aromatic heterocycles. The molecular formula is C18H26N4O7. The molecule has 29 heavy (non-hydrogen) atoms. The minimum atomic E-state index is -1.25. The van der Waals surface area contributed by atoms with E-state index in [2.05, 4.69) is 16.0 Å². The number of nitrogens with one attached hydrogen (secondary N) is 3. The number of alkyl carbamates (subject to hydrolysis) is 1. The Balaban J connectivity index is 2.57. The fourth-order valence-electron chi connectivity index (χ4n) is 2.14. The van der Waals surface area contributed by atoms with Crippen LogP contribution in [0.5, 0.6) is 0 Å². The number of benzene rings is 1. The molecule has 0 saturated carbocycles. The van der Waals surface area contributed by atoms with Crippen LogP contribution in [0.2, 0.25) is 0 Å².